The lowest BCUT2D eigenvalue weighted by Gasteiger charge is -2.24. The van der Waals surface area contributed by atoms with Crippen molar-refractivity contribution in [3.8, 4) is 0 Å². The number of carbonyl (C=O) groups excluding carboxylic acids is 2. The topological polar surface area (TPSA) is 96.3 Å². The number of benzene rings is 1. The van der Waals surface area contributed by atoms with Crippen LogP contribution in [0, 0.1) is 0 Å². The number of nitrogens with zero attached hydrogens (tertiary/aromatic N) is 2. The molecule has 0 saturated heterocycles. The molecule has 1 aliphatic rings. The lowest BCUT2D eigenvalue weighted by atomic mass is 10.1. The Morgan fingerprint density at radius 1 is 1.50 bits per heavy atom. The van der Waals surface area contributed by atoms with Gasteiger partial charge in [-0.05, 0) is 12.1 Å². The molecular weight excluding hydrogens is 260 g/mol. The number of amides is 2. The van der Waals surface area contributed by atoms with E-state index in [9.17, 15) is 9.59 Å². The molecule has 0 bridgehead atoms. The van der Waals surface area contributed by atoms with Gasteiger partial charge < -0.3 is 10.4 Å². The summed E-state index contributed by atoms with van der Waals surface area (Å²) < 4.78 is 1.73. The molecule has 0 radical (unpaired) electrons. The molecule has 20 heavy (non-hydrogen) atoms. The van der Waals surface area contributed by atoms with Gasteiger partial charge in [-0.1, -0.05) is 12.1 Å². The van der Waals surface area contributed by atoms with Crippen molar-refractivity contribution >= 4 is 28.8 Å². The van der Waals surface area contributed by atoms with Crippen LogP contribution >= 0.6 is 0 Å². The fourth-order valence-corrected chi connectivity index (χ4v) is 2.40. The Kier molecular flexibility index (Phi) is 3.11. The van der Waals surface area contributed by atoms with Crippen molar-refractivity contribution in [2.75, 3.05) is 18.5 Å². The summed E-state index contributed by atoms with van der Waals surface area (Å²) in [6.45, 7) is 0.0289. The van der Waals surface area contributed by atoms with Crippen LogP contribution in [0.2, 0.25) is 0 Å². The lowest BCUT2D eigenvalue weighted by molar-refractivity contribution is -0.128. The number of hydrogen-bond acceptors (Lipinski definition) is 4. The van der Waals surface area contributed by atoms with Crippen LogP contribution in [0.15, 0.2) is 24.3 Å². The fourth-order valence-electron chi connectivity index (χ4n) is 2.40. The number of nitrogens with one attached hydrogen (secondary N) is 2. The molecule has 0 saturated carbocycles. The van der Waals surface area contributed by atoms with Gasteiger partial charge in [0, 0.05) is 6.54 Å². The smallest absolute Gasteiger partial charge is 0.243 e. The summed E-state index contributed by atoms with van der Waals surface area (Å²) in [5.41, 5.74) is 1.52. The Bertz CT molecular complexity index is 679. The Morgan fingerprint density at radius 2 is 2.30 bits per heavy atom. The average molecular weight is 274 g/mol. The molecule has 104 valence electrons. The first-order chi connectivity index (χ1) is 9.70. The first-order valence-corrected chi connectivity index (χ1v) is 6.36. The van der Waals surface area contributed by atoms with Crippen LogP contribution < -0.4 is 10.6 Å². The summed E-state index contributed by atoms with van der Waals surface area (Å²) in [5, 5.41) is 14.1. The maximum absolute atomic E-state index is 12.2. The van der Waals surface area contributed by atoms with Crippen molar-refractivity contribution in [1.29, 1.82) is 0 Å². The number of anilines is 1. The number of fused-ring (bicyclic) bond motifs is 3. The van der Waals surface area contributed by atoms with Crippen LogP contribution in [-0.2, 0) is 9.59 Å². The molecule has 0 aliphatic carbocycles. The molecular formula is C13H14N4O3. The molecule has 2 amide bonds. The first-order valence-electron chi connectivity index (χ1n) is 6.36. The number of aliphatic hydroxyl groups is 1. The molecule has 3 N–H and O–H groups in total. The van der Waals surface area contributed by atoms with Crippen molar-refractivity contribution < 1.29 is 14.7 Å². The second-order valence-corrected chi connectivity index (χ2v) is 4.58. The highest BCUT2D eigenvalue weighted by Crippen LogP contribution is 2.30. The van der Waals surface area contributed by atoms with Crippen molar-refractivity contribution in [3.63, 3.8) is 0 Å². The molecule has 2 aromatic rings. The molecule has 3 rings (SSSR count). The van der Waals surface area contributed by atoms with Gasteiger partial charge in [0.05, 0.1) is 24.1 Å². The van der Waals surface area contributed by atoms with E-state index in [0.29, 0.717) is 5.95 Å². The van der Waals surface area contributed by atoms with Crippen LogP contribution in [0.3, 0.4) is 0 Å². The SMILES string of the molecule is O=C1CC(C(=O)NCCO)n2c(nc3ccccc32)N1. The van der Waals surface area contributed by atoms with E-state index in [4.69, 9.17) is 5.11 Å². The van der Waals surface area contributed by atoms with Crippen LogP contribution in [-0.4, -0.2) is 39.6 Å². The van der Waals surface area contributed by atoms with Gasteiger partial charge in [0.15, 0.2) is 0 Å². The molecule has 1 aromatic carbocycles. The standard InChI is InChI=1S/C13H14N4O3/c18-6-5-14-12(20)10-7-11(19)16-13-15-8-3-1-2-4-9(8)17(10)13/h1-4,10,18H,5-7H2,(H,14,20)(H,15,16,19). The summed E-state index contributed by atoms with van der Waals surface area (Å²) >= 11 is 0. The van der Waals surface area contributed by atoms with E-state index in [2.05, 4.69) is 15.6 Å². The molecule has 1 aromatic heterocycles. The Labute approximate surface area is 114 Å². The van der Waals surface area contributed by atoms with Gasteiger partial charge in [-0.3, -0.25) is 19.5 Å². The van der Waals surface area contributed by atoms with E-state index in [1.165, 1.54) is 0 Å². The third kappa shape index (κ3) is 2.01. The second-order valence-electron chi connectivity index (χ2n) is 4.58. The largest absolute Gasteiger partial charge is 0.395 e. The van der Waals surface area contributed by atoms with Crippen molar-refractivity contribution in [1.82, 2.24) is 14.9 Å². The van der Waals surface area contributed by atoms with Crippen LogP contribution in [0.1, 0.15) is 12.5 Å². The predicted molar refractivity (Wildman–Crippen MR) is 72.1 cm³/mol. The highest BCUT2D eigenvalue weighted by atomic mass is 16.3. The second kappa shape index (κ2) is 4.93. The highest BCUT2D eigenvalue weighted by Gasteiger charge is 2.32. The zero-order chi connectivity index (χ0) is 14.1. The van der Waals surface area contributed by atoms with Crippen LogP contribution in [0.5, 0.6) is 0 Å². The third-order valence-electron chi connectivity index (χ3n) is 3.25. The van der Waals surface area contributed by atoms with E-state index in [1.54, 1.807) is 4.57 Å². The summed E-state index contributed by atoms with van der Waals surface area (Å²) in [4.78, 5) is 28.2. The minimum absolute atomic E-state index is 0.0601. The summed E-state index contributed by atoms with van der Waals surface area (Å²) in [6, 6.07) is 6.75. The lowest BCUT2D eigenvalue weighted by Crippen LogP contribution is -2.39. The molecule has 1 unspecified atom stereocenters. The molecule has 7 heteroatoms. The van der Waals surface area contributed by atoms with Crippen molar-refractivity contribution in [2.45, 2.75) is 12.5 Å². The minimum atomic E-state index is -0.641. The number of carbonyl (C=O) groups is 2. The molecule has 7 nitrogen and oxygen atoms in total. The quantitative estimate of drug-likeness (QED) is 0.735. The number of aliphatic hydroxyl groups excluding tert-OH is 1. The van der Waals surface area contributed by atoms with E-state index < -0.39 is 6.04 Å². The van der Waals surface area contributed by atoms with Crippen LogP contribution in [0.4, 0.5) is 5.95 Å². The molecule has 2 heterocycles. The first kappa shape index (κ1) is 12.6. The third-order valence-corrected chi connectivity index (χ3v) is 3.25. The van der Waals surface area contributed by atoms with Gasteiger partial charge in [0.2, 0.25) is 17.8 Å². The number of hydrogen-bond donors (Lipinski definition) is 3. The Morgan fingerprint density at radius 3 is 3.10 bits per heavy atom. The molecule has 1 atom stereocenters. The normalized spacial score (nSPS) is 17.6. The minimum Gasteiger partial charge on any atom is -0.395 e. The van der Waals surface area contributed by atoms with Crippen LogP contribution in [0.25, 0.3) is 11.0 Å². The van der Waals surface area contributed by atoms with Gasteiger partial charge in [-0.2, -0.15) is 0 Å². The molecule has 0 fully saturated rings. The number of rotatable bonds is 3. The van der Waals surface area contributed by atoms with Gasteiger partial charge in [0.1, 0.15) is 6.04 Å². The maximum Gasteiger partial charge on any atom is 0.243 e. The molecule has 0 spiro atoms. The zero-order valence-electron chi connectivity index (χ0n) is 10.7. The monoisotopic (exact) mass is 274 g/mol. The fraction of sp³-hybridized carbons (Fsp3) is 0.308. The Hall–Kier alpha value is -2.41. The summed E-state index contributed by atoms with van der Waals surface area (Å²) in [7, 11) is 0. The Balaban J connectivity index is 2.05. The van der Waals surface area contributed by atoms with Gasteiger partial charge >= 0.3 is 0 Å². The maximum atomic E-state index is 12.2. The van der Waals surface area contributed by atoms with Crippen molar-refractivity contribution in [3.05, 3.63) is 24.3 Å². The van der Waals surface area contributed by atoms with Gasteiger partial charge in [0.25, 0.3) is 0 Å². The summed E-state index contributed by atoms with van der Waals surface area (Å²) in [5.74, 6) is -0.151. The number of aromatic nitrogens is 2. The average Bonchev–Trinajstić information content (AvgIpc) is 2.81. The summed E-state index contributed by atoms with van der Waals surface area (Å²) in [6.07, 6.45) is 0.0601. The highest BCUT2D eigenvalue weighted by molar-refractivity contribution is 5.99. The van der Waals surface area contributed by atoms with Gasteiger partial charge in [-0.15, -0.1) is 0 Å². The van der Waals surface area contributed by atoms with Gasteiger partial charge in [-0.25, -0.2) is 4.98 Å². The van der Waals surface area contributed by atoms with E-state index in [0.717, 1.165) is 11.0 Å². The number of para-hydroxylation sites is 2. The van der Waals surface area contributed by atoms with Crippen molar-refractivity contribution in [2.24, 2.45) is 0 Å². The molecule has 1 aliphatic heterocycles. The van der Waals surface area contributed by atoms with E-state index >= 15 is 0 Å². The predicted octanol–water partition coefficient (Wildman–Crippen LogP) is 0.0281. The van der Waals surface area contributed by atoms with E-state index in [-0.39, 0.29) is 31.4 Å². The zero-order valence-corrected chi connectivity index (χ0v) is 10.7. The number of imidazole rings is 1. The van der Waals surface area contributed by atoms with E-state index in [1.807, 2.05) is 24.3 Å².